The molecule has 5 N–H and O–H groups in total. The Labute approximate surface area is 385 Å². The molecule has 5 heterocycles. The maximum atomic E-state index is 13.5. The summed E-state index contributed by atoms with van der Waals surface area (Å²) in [6.45, 7) is 9.47. The Morgan fingerprint density at radius 2 is 1.71 bits per heavy atom. The van der Waals surface area contributed by atoms with Crippen molar-refractivity contribution in [1.82, 2.24) is 35.7 Å². The Morgan fingerprint density at radius 1 is 0.938 bits per heavy atom. The lowest BCUT2D eigenvalue weighted by atomic mass is 9.66. The second-order valence-electron chi connectivity index (χ2n) is 17.4. The van der Waals surface area contributed by atoms with Gasteiger partial charge in [-0.25, -0.2) is 4.98 Å². The van der Waals surface area contributed by atoms with Crippen molar-refractivity contribution in [2.45, 2.75) is 62.1 Å². The number of aromatic nitrogens is 2. The molecule has 3 aromatic carbocycles. The van der Waals surface area contributed by atoms with Gasteiger partial charge in [0.1, 0.15) is 30.6 Å². The lowest BCUT2D eigenvalue weighted by molar-refractivity contribution is -0.135. The van der Waals surface area contributed by atoms with Gasteiger partial charge >= 0.3 is 0 Å². The highest BCUT2D eigenvalue weighted by atomic mass is 35.5. The average molecular weight is 922 g/mol. The molecule has 0 bridgehead atoms. The molecule has 3 saturated heterocycles. The summed E-state index contributed by atoms with van der Waals surface area (Å²) in [6.07, 6.45) is 5.28. The minimum absolute atomic E-state index is 0.0579. The van der Waals surface area contributed by atoms with Gasteiger partial charge in [0.25, 0.3) is 5.91 Å². The maximum Gasteiger partial charge on any atom is 0.255 e. The Morgan fingerprint density at radius 3 is 2.49 bits per heavy atom. The van der Waals surface area contributed by atoms with Crippen molar-refractivity contribution in [3.63, 3.8) is 0 Å². The fourth-order valence-electron chi connectivity index (χ4n) is 9.86. The van der Waals surface area contributed by atoms with Crippen molar-refractivity contribution in [3.05, 3.63) is 94.6 Å². The van der Waals surface area contributed by atoms with Gasteiger partial charge in [-0.2, -0.15) is 4.98 Å². The summed E-state index contributed by atoms with van der Waals surface area (Å²) < 4.78 is 25.2. The zero-order chi connectivity index (χ0) is 45.6. The quantitative estimate of drug-likeness (QED) is 0.0433. The first kappa shape index (κ1) is 46.2. The third-order valence-electron chi connectivity index (χ3n) is 12.9. The summed E-state index contributed by atoms with van der Waals surface area (Å²) >= 11 is 6.66. The molecule has 1 aromatic heterocycles. The minimum atomic E-state index is -2.60. The van der Waals surface area contributed by atoms with Gasteiger partial charge < -0.3 is 40.2 Å². The third-order valence-corrected chi connectivity index (χ3v) is 14.7. The molecule has 2 unspecified atom stereocenters. The minimum Gasteiger partial charge on any atom is -0.495 e. The maximum absolute atomic E-state index is 13.5. The van der Waals surface area contributed by atoms with Crippen LogP contribution < -0.4 is 36.6 Å². The van der Waals surface area contributed by atoms with Crippen LogP contribution in [0, 0.1) is 11.8 Å². The van der Waals surface area contributed by atoms with E-state index in [1.807, 2.05) is 48.5 Å². The number of piperidine rings is 2. The van der Waals surface area contributed by atoms with E-state index in [0.717, 1.165) is 81.8 Å². The number of nitrogens with one attached hydrogen (secondary N) is 5. The standard InChI is InChI=1S/C48H57ClN9O6P/c1-63-39-17-10-14-35(44(39)55-47-52-30-36(49)45(56-47)53-37-15-6-7-18-40(37)65(2,3)62)48(19-21-50-22-20-48)41-31-51-23-25-57(41)24-8-9-26-64-27-11-16-38-33-12-4-5-13-34(33)46(61)58(38)32-28-42(59)54-43(60)29-32/h4-7,10,12-15,17-18,30,32,38,41,50-51H,8-9,19-29,31H2,1-3H3,(H,54,59,60)(H2,52,53,55,56). The van der Waals surface area contributed by atoms with Crippen molar-refractivity contribution in [2.75, 3.05) is 83.6 Å². The number of rotatable bonds is 15. The molecule has 8 rings (SSSR count). The van der Waals surface area contributed by atoms with Gasteiger partial charge in [-0.05, 0) is 94.0 Å². The summed E-state index contributed by atoms with van der Waals surface area (Å²) in [5.41, 5.74) is 3.70. The third kappa shape index (κ3) is 10.2. The van der Waals surface area contributed by atoms with E-state index < -0.39 is 19.2 Å². The number of methoxy groups -OCH3 is 1. The Balaban J connectivity index is 0.945. The molecule has 2 atom stereocenters. The number of imide groups is 1. The largest absolute Gasteiger partial charge is 0.495 e. The molecule has 3 fully saturated rings. The molecule has 0 saturated carbocycles. The topological polar surface area (TPSA) is 179 Å². The monoisotopic (exact) mass is 921 g/mol. The number of carbonyl (C=O) groups is 3. The molecule has 4 aromatic rings. The van der Waals surface area contributed by atoms with Crippen LogP contribution in [0.4, 0.5) is 23.1 Å². The highest BCUT2D eigenvalue weighted by Crippen LogP contribution is 2.47. The number of hydrogen-bond acceptors (Lipinski definition) is 13. The predicted molar refractivity (Wildman–Crippen MR) is 253 cm³/mol. The Hall–Kier alpha value is -5.33. The molecular formula is C48H57ClN9O6P. The number of para-hydroxylation sites is 2. The number of amides is 3. The number of unbranched alkanes of at least 4 members (excludes halogenated alkanes) is 1. The van der Waals surface area contributed by atoms with Crippen LogP contribution in [-0.4, -0.2) is 122 Å². The first-order valence-corrected chi connectivity index (χ1v) is 25.3. The van der Waals surface area contributed by atoms with Crippen LogP contribution in [0.5, 0.6) is 5.75 Å². The van der Waals surface area contributed by atoms with Gasteiger partial charge in [0, 0.05) is 61.4 Å². The summed E-state index contributed by atoms with van der Waals surface area (Å²) in [5.74, 6) is 6.79. The number of halogens is 1. The zero-order valence-corrected chi connectivity index (χ0v) is 38.8. The van der Waals surface area contributed by atoms with Crippen LogP contribution in [0.2, 0.25) is 5.02 Å². The van der Waals surface area contributed by atoms with Crippen LogP contribution in [0.1, 0.15) is 66.1 Å². The molecule has 15 nitrogen and oxygen atoms in total. The molecule has 3 amide bonds. The summed E-state index contributed by atoms with van der Waals surface area (Å²) in [5, 5.41) is 17.6. The molecule has 0 radical (unpaired) electrons. The normalized spacial score (nSPS) is 20.1. The molecule has 4 aliphatic rings. The molecule has 65 heavy (non-hydrogen) atoms. The molecule has 0 aliphatic carbocycles. The molecule has 17 heteroatoms. The van der Waals surface area contributed by atoms with Crippen LogP contribution in [0.15, 0.2) is 72.9 Å². The van der Waals surface area contributed by atoms with Gasteiger partial charge in [-0.3, -0.25) is 24.6 Å². The van der Waals surface area contributed by atoms with E-state index in [2.05, 4.69) is 60.4 Å². The van der Waals surface area contributed by atoms with Crippen molar-refractivity contribution in [3.8, 4) is 17.6 Å². The summed E-state index contributed by atoms with van der Waals surface area (Å²) in [7, 11) is -0.930. The van der Waals surface area contributed by atoms with Crippen LogP contribution in [-0.2, 0) is 24.3 Å². The molecule has 4 aliphatic heterocycles. The van der Waals surface area contributed by atoms with Gasteiger partial charge in [0.05, 0.1) is 30.7 Å². The van der Waals surface area contributed by atoms with Crippen molar-refractivity contribution in [1.29, 1.82) is 0 Å². The summed E-state index contributed by atoms with van der Waals surface area (Å²) in [6, 6.07) is 20.1. The van der Waals surface area contributed by atoms with Gasteiger partial charge in [0.15, 0.2) is 5.82 Å². The fraction of sp³-hybridized carbons (Fsp3) is 0.438. The molecular weight excluding hydrogens is 865 g/mol. The number of ether oxygens (including phenoxy) is 2. The molecule has 0 spiro atoms. The highest BCUT2D eigenvalue weighted by molar-refractivity contribution is 7.70. The summed E-state index contributed by atoms with van der Waals surface area (Å²) in [4.78, 5) is 51.5. The number of hydrogen-bond donors (Lipinski definition) is 5. The lowest BCUT2D eigenvalue weighted by Gasteiger charge is -2.51. The van der Waals surface area contributed by atoms with Gasteiger partial charge in [-0.1, -0.05) is 65.9 Å². The number of carbonyl (C=O) groups excluding carboxylic acids is 3. The number of nitrogens with zero attached hydrogens (tertiary/aromatic N) is 4. The first-order chi connectivity index (χ1) is 31.5. The number of anilines is 4. The first-order valence-electron chi connectivity index (χ1n) is 22.3. The van der Waals surface area contributed by atoms with E-state index in [-0.39, 0.29) is 48.6 Å². The average Bonchev–Trinajstić information content (AvgIpc) is 3.58. The van der Waals surface area contributed by atoms with Crippen molar-refractivity contribution >= 4 is 64.9 Å². The SMILES string of the molecule is COc1cccc(C2(C3CNCCN3CCCCOCC#CC3c4ccccc4C(=O)N3C3CC(=O)NC(=O)C3)CCNCC2)c1Nc1ncc(Cl)c(Nc2ccccc2P(C)(C)=O)n1. The molecule has 342 valence electrons. The second kappa shape index (κ2) is 20.5. The fourth-order valence-corrected chi connectivity index (χ4v) is 11.2. The number of benzene rings is 3. The van der Waals surface area contributed by atoms with E-state index in [4.69, 9.17) is 26.1 Å². The van der Waals surface area contributed by atoms with Crippen LogP contribution in [0.25, 0.3) is 0 Å². The number of piperazine rings is 1. The van der Waals surface area contributed by atoms with E-state index in [0.29, 0.717) is 45.7 Å². The second-order valence-corrected chi connectivity index (χ2v) is 21.0. The van der Waals surface area contributed by atoms with E-state index >= 15 is 0 Å². The smallest absolute Gasteiger partial charge is 0.255 e. The predicted octanol–water partition coefficient (Wildman–Crippen LogP) is 5.57. The Bertz CT molecular complexity index is 2500. The van der Waals surface area contributed by atoms with Crippen LogP contribution in [0.3, 0.4) is 0 Å². The van der Waals surface area contributed by atoms with E-state index in [9.17, 15) is 18.9 Å². The van der Waals surface area contributed by atoms with Gasteiger partial charge in [0.2, 0.25) is 17.8 Å². The van der Waals surface area contributed by atoms with Crippen LogP contribution >= 0.6 is 18.7 Å². The van der Waals surface area contributed by atoms with Gasteiger partial charge in [-0.15, -0.1) is 0 Å². The lowest BCUT2D eigenvalue weighted by Crippen LogP contribution is -2.63. The zero-order valence-electron chi connectivity index (χ0n) is 37.1. The number of fused-ring (bicyclic) bond motifs is 1. The van der Waals surface area contributed by atoms with Crippen molar-refractivity contribution < 1.29 is 28.4 Å². The van der Waals surface area contributed by atoms with E-state index in [1.54, 1.807) is 37.6 Å². The highest BCUT2D eigenvalue weighted by Gasteiger charge is 2.47. The Kier molecular flexibility index (Phi) is 14.5. The van der Waals surface area contributed by atoms with E-state index in [1.165, 1.54) is 0 Å². The van der Waals surface area contributed by atoms with Crippen molar-refractivity contribution in [2.24, 2.45) is 0 Å².